The van der Waals surface area contributed by atoms with E-state index in [1.54, 1.807) is 0 Å². The standard InChI is InChI=1S/C14H23N3O2/c1-6-7-9-13(4,5)17-12(2,3)8-14(9)10(18)15-11(19)16-14/h6,9,17H,1,7-8H2,2-5H3,(H2,15,16,18,19). The van der Waals surface area contributed by atoms with Gasteiger partial charge in [-0.25, -0.2) is 4.79 Å². The molecule has 0 bridgehead atoms. The highest BCUT2D eigenvalue weighted by Gasteiger charge is 2.61. The van der Waals surface area contributed by atoms with Gasteiger partial charge in [0.25, 0.3) is 5.91 Å². The van der Waals surface area contributed by atoms with Crippen molar-refractivity contribution in [3.63, 3.8) is 0 Å². The van der Waals surface area contributed by atoms with Gasteiger partial charge in [0.05, 0.1) is 0 Å². The van der Waals surface area contributed by atoms with E-state index in [-0.39, 0.29) is 22.9 Å². The smallest absolute Gasteiger partial charge is 0.322 e. The van der Waals surface area contributed by atoms with Gasteiger partial charge in [-0.15, -0.1) is 6.58 Å². The number of piperidine rings is 1. The molecule has 0 aromatic carbocycles. The summed E-state index contributed by atoms with van der Waals surface area (Å²) in [4.78, 5) is 24.0. The molecular weight excluding hydrogens is 242 g/mol. The molecule has 5 heteroatoms. The van der Waals surface area contributed by atoms with Gasteiger partial charge in [0.1, 0.15) is 5.54 Å². The molecule has 19 heavy (non-hydrogen) atoms. The SMILES string of the molecule is C=CCC1C(C)(C)NC(C)(C)CC12NC(=O)NC2=O. The Morgan fingerprint density at radius 2 is 1.95 bits per heavy atom. The number of carbonyl (C=O) groups is 2. The van der Waals surface area contributed by atoms with Crippen molar-refractivity contribution < 1.29 is 9.59 Å². The Labute approximate surface area is 114 Å². The molecule has 106 valence electrons. The normalized spacial score (nSPS) is 35.9. The molecule has 2 aliphatic rings. The molecule has 2 unspecified atom stereocenters. The van der Waals surface area contributed by atoms with E-state index in [0.29, 0.717) is 12.8 Å². The fourth-order valence-corrected chi connectivity index (χ4v) is 3.98. The van der Waals surface area contributed by atoms with Crippen LogP contribution in [0.15, 0.2) is 12.7 Å². The van der Waals surface area contributed by atoms with Crippen molar-refractivity contribution >= 4 is 11.9 Å². The van der Waals surface area contributed by atoms with E-state index in [2.05, 4.69) is 50.2 Å². The van der Waals surface area contributed by atoms with Gasteiger partial charge in [0.15, 0.2) is 0 Å². The van der Waals surface area contributed by atoms with Crippen LogP contribution in [-0.2, 0) is 4.79 Å². The van der Waals surface area contributed by atoms with Crippen LogP contribution in [0.1, 0.15) is 40.5 Å². The Hall–Kier alpha value is -1.36. The summed E-state index contributed by atoms with van der Waals surface area (Å²) >= 11 is 0. The molecule has 3 N–H and O–H groups in total. The zero-order chi connectivity index (χ0) is 14.5. The summed E-state index contributed by atoms with van der Waals surface area (Å²) in [6.45, 7) is 12.0. The van der Waals surface area contributed by atoms with Crippen LogP contribution < -0.4 is 16.0 Å². The van der Waals surface area contributed by atoms with Gasteiger partial charge in [-0.3, -0.25) is 10.1 Å². The minimum absolute atomic E-state index is 0.0306. The Morgan fingerprint density at radius 3 is 2.42 bits per heavy atom. The second kappa shape index (κ2) is 4.07. The number of carbonyl (C=O) groups excluding carboxylic acids is 2. The third-order valence-corrected chi connectivity index (χ3v) is 4.22. The summed E-state index contributed by atoms with van der Waals surface area (Å²) in [6, 6.07) is -0.396. The first-order chi connectivity index (χ1) is 8.63. The van der Waals surface area contributed by atoms with Crippen LogP contribution in [0.5, 0.6) is 0 Å². The van der Waals surface area contributed by atoms with Crippen molar-refractivity contribution in [2.24, 2.45) is 5.92 Å². The van der Waals surface area contributed by atoms with E-state index in [9.17, 15) is 9.59 Å². The van der Waals surface area contributed by atoms with Gasteiger partial charge in [-0.05, 0) is 40.5 Å². The van der Waals surface area contributed by atoms with Crippen LogP contribution in [0, 0.1) is 5.92 Å². The van der Waals surface area contributed by atoms with E-state index in [1.807, 2.05) is 6.08 Å². The number of hydrogen-bond acceptors (Lipinski definition) is 3. The number of hydrogen-bond donors (Lipinski definition) is 3. The van der Waals surface area contributed by atoms with Crippen LogP contribution in [0.3, 0.4) is 0 Å². The number of amides is 3. The zero-order valence-electron chi connectivity index (χ0n) is 12.1. The van der Waals surface area contributed by atoms with Crippen LogP contribution in [0.4, 0.5) is 4.79 Å². The van der Waals surface area contributed by atoms with E-state index in [1.165, 1.54) is 0 Å². The first-order valence-corrected chi connectivity index (χ1v) is 6.67. The molecule has 0 saturated carbocycles. The lowest BCUT2D eigenvalue weighted by molar-refractivity contribution is -0.131. The highest BCUT2D eigenvalue weighted by Crippen LogP contribution is 2.44. The van der Waals surface area contributed by atoms with Crippen molar-refractivity contribution in [3.05, 3.63) is 12.7 Å². The average Bonchev–Trinajstić information content (AvgIpc) is 2.46. The monoisotopic (exact) mass is 265 g/mol. The maximum Gasteiger partial charge on any atom is 0.322 e. The lowest BCUT2D eigenvalue weighted by Gasteiger charge is -2.55. The quantitative estimate of drug-likeness (QED) is 0.521. The Bertz CT molecular complexity index is 442. The second-order valence-corrected chi connectivity index (χ2v) is 6.86. The van der Waals surface area contributed by atoms with E-state index in [0.717, 1.165) is 0 Å². The average molecular weight is 265 g/mol. The van der Waals surface area contributed by atoms with Gasteiger partial charge in [-0.2, -0.15) is 0 Å². The highest BCUT2D eigenvalue weighted by atomic mass is 16.2. The number of allylic oxidation sites excluding steroid dienone is 1. The molecule has 0 aromatic heterocycles. The Balaban J connectivity index is 2.50. The van der Waals surface area contributed by atoms with Crippen molar-refractivity contribution in [1.82, 2.24) is 16.0 Å². The fraction of sp³-hybridized carbons (Fsp3) is 0.714. The molecule has 2 saturated heterocycles. The molecule has 1 spiro atoms. The third kappa shape index (κ3) is 2.16. The number of urea groups is 1. The summed E-state index contributed by atoms with van der Waals surface area (Å²) in [6.07, 6.45) is 3.05. The number of imide groups is 1. The van der Waals surface area contributed by atoms with Crippen LogP contribution in [-0.4, -0.2) is 28.6 Å². The van der Waals surface area contributed by atoms with Gasteiger partial charge in [0, 0.05) is 17.0 Å². The molecule has 2 aliphatic heterocycles. The second-order valence-electron chi connectivity index (χ2n) is 6.86. The van der Waals surface area contributed by atoms with Crippen LogP contribution in [0.2, 0.25) is 0 Å². The summed E-state index contributed by atoms with van der Waals surface area (Å²) in [5.41, 5.74) is -1.34. The molecule has 2 heterocycles. The maximum atomic E-state index is 12.4. The lowest BCUT2D eigenvalue weighted by Crippen LogP contribution is -2.73. The van der Waals surface area contributed by atoms with E-state index >= 15 is 0 Å². The van der Waals surface area contributed by atoms with E-state index in [4.69, 9.17) is 0 Å². The summed E-state index contributed by atoms with van der Waals surface area (Å²) in [5.74, 6) is -0.246. The molecule has 2 rings (SSSR count). The van der Waals surface area contributed by atoms with Gasteiger partial charge >= 0.3 is 6.03 Å². The summed E-state index contributed by atoms with van der Waals surface area (Å²) in [7, 11) is 0. The maximum absolute atomic E-state index is 12.4. The molecular formula is C14H23N3O2. The van der Waals surface area contributed by atoms with Gasteiger partial charge in [0.2, 0.25) is 0 Å². The Kier molecular flexibility index (Phi) is 3.01. The highest BCUT2D eigenvalue weighted by molar-refractivity contribution is 6.07. The van der Waals surface area contributed by atoms with Gasteiger partial charge in [-0.1, -0.05) is 6.08 Å². The van der Waals surface area contributed by atoms with E-state index < -0.39 is 11.6 Å². The molecule has 0 aliphatic carbocycles. The Morgan fingerprint density at radius 1 is 1.32 bits per heavy atom. The topological polar surface area (TPSA) is 70.2 Å². The minimum Gasteiger partial charge on any atom is -0.323 e. The largest absolute Gasteiger partial charge is 0.323 e. The van der Waals surface area contributed by atoms with Crippen LogP contribution in [0.25, 0.3) is 0 Å². The summed E-state index contributed by atoms with van der Waals surface area (Å²) in [5, 5.41) is 8.84. The predicted molar refractivity (Wildman–Crippen MR) is 73.6 cm³/mol. The number of rotatable bonds is 2. The molecule has 0 aromatic rings. The first-order valence-electron chi connectivity index (χ1n) is 6.67. The number of nitrogens with one attached hydrogen (secondary N) is 3. The predicted octanol–water partition coefficient (Wildman–Crippen LogP) is 1.31. The molecule has 2 atom stereocenters. The molecule has 5 nitrogen and oxygen atoms in total. The first kappa shape index (κ1) is 14.1. The zero-order valence-corrected chi connectivity index (χ0v) is 12.1. The van der Waals surface area contributed by atoms with Crippen molar-refractivity contribution in [3.8, 4) is 0 Å². The molecule has 2 fully saturated rings. The molecule has 0 radical (unpaired) electrons. The minimum atomic E-state index is -0.844. The molecule has 3 amide bonds. The van der Waals surface area contributed by atoms with Crippen molar-refractivity contribution in [2.45, 2.75) is 57.2 Å². The summed E-state index contributed by atoms with van der Waals surface area (Å²) < 4.78 is 0. The van der Waals surface area contributed by atoms with Crippen LogP contribution >= 0.6 is 0 Å². The lowest BCUT2D eigenvalue weighted by atomic mass is 9.62. The third-order valence-electron chi connectivity index (χ3n) is 4.22. The van der Waals surface area contributed by atoms with Crippen molar-refractivity contribution in [2.75, 3.05) is 0 Å². The van der Waals surface area contributed by atoms with Crippen molar-refractivity contribution in [1.29, 1.82) is 0 Å². The fourth-order valence-electron chi connectivity index (χ4n) is 3.98. The van der Waals surface area contributed by atoms with Gasteiger partial charge < -0.3 is 10.6 Å².